The molecule has 3 aromatic rings. The van der Waals surface area contributed by atoms with E-state index in [1.54, 1.807) is 0 Å². The molecule has 34 heavy (non-hydrogen) atoms. The third kappa shape index (κ3) is 5.90. The van der Waals surface area contributed by atoms with Gasteiger partial charge in [-0.1, -0.05) is 97.2 Å². The minimum atomic E-state index is -0.444. The van der Waals surface area contributed by atoms with Gasteiger partial charge in [0.05, 0.1) is 11.5 Å². The molecule has 0 N–H and O–H groups in total. The van der Waals surface area contributed by atoms with Crippen LogP contribution < -0.4 is 0 Å². The molecule has 0 spiro atoms. The summed E-state index contributed by atoms with van der Waals surface area (Å²) in [5.41, 5.74) is 3.34. The second-order valence-corrected chi connectivity index (χ2v) is 10.3. The second-order valence-electron chi connectivity index (χ2n) is 9.84. The highest BCUT2D eigenvalue weighted by Crippen LogP contribution is 2.45. The van der Waals surface area contributed by atoms with Gasteiger partial charge in [0, 0.05) is 24.2 Å². The molecule has 0 bridgehead atoms. The second kappa shape index (κ2) is 11.7. The van der Waals surface area contributed by atoms with E-state index in [2.05, 4.69) is 90.7 Å². The fourth-order valence-electron chi connectivity index (χ4n) is 5.58. The van der Waals surface area contributed by atoms with Crippen LogP contribution in [0.25, 0.3) is 0 Å². The summed E-state index contributed by atoms with van der Waals surface area (Å²) in [5, 5.41) is 11.3. The maximum atomic E-state index is 10.6. The van der Waals surface area contributed by atoms with Crippen molar-refractivity contribution in [2.75, 3.05) is 0 Å². The number of benzene rings is 3. The first-order valence-corrected chi connectivity index (χ1v) is 13.0. The molecule has 3 aromatic carbocycles. The van der Waals surface area contributed by atoms with Crippen LogP contribution in [0.4, 0.5) is 0 Å². The summed E-state index contributed by atoms with van der Waals surface area (Å²) in [7, 11) is 0. The number of hydrogen-bond donors (Lipinski definition) is 0. The lowest BCUT2D eigenvalue weighted by molar-refractivity contribution is 0.166. The zero-order chi connectivity index (χ0) is 23.8. The van der Waals surface area contributed by atoms with Gasteiger partial charge in [0.1, 0.15) is 0 Å². The van der Waals surface area contributed by atoms with E-state index in [0.717, 1.165) is 49.4 Å². The van der Waals surface area contributed by atoms with E-state index in [1.807, 2.05) is 12.1 Å². The maximum absolute atomic E-state index is 10.6. The third-order valence-corrected chi connectivity index (χ3v) is 7.90. The molecule has 0 aromatic heterocycles. The predicted octanol–water partition coefficient (Wildman–Crippen LogP) is 8.16. The summed E-state index contributed by atoms with van der Waals surface area (Å²) in [6, 6.07) is 32.6. The van der Waals surface area contributed by atoms with Gasteiger partial charge in [-0.3, -0.25) is 4.90 Å². The first-order chi connectivity index (χ1) is 16.6. The highest BCUT2D eigenvalue weighted by atomic mass is 35.5. The molecule has 4 rings (SSSR count). The summed E-state index contributed by atoms with van der Waals surface area (Å²) in [6.45, 7) is 4.13. The Morgan fingerprint density at radius 1 is 0.882 bits per heavy atom. The van der Waals surface area contributed by atoms with Crippen molar-refractivity contribution < 1.29 is 0 Å². The molecule has 1 aliphatic carbocycles. The van der Waals surface area contributed by atoms with E-state index >= 15 is 0 Å². The maximum Gasteiger partial charge on any atom is 0.0851 e. The average Bonchev–Trinajstić information content (AvgIpc) is 3.42. The molecule has 0 aliphatic heterocycles. The normalized spacial score (nSPS) is 16.8. The van der Waals surface area contributed by atoms with Gasteiger partial charge in [-0.2, -0.15) is 5.26 Å². The number of nitrogens with zero attached hydrogens (tertiary/aromatic N) is 2. The summed E-state index contributed by atoms with van der Waals surface area (Å²) in [4.78, 5) is 2.56. The smallest absolute Gasteiger partial charge is 0.0851 e. The van der Waals surface area contributed by atoms with E-state index in [-0.39, 0.29) is 0 Å². The van der Waals surface area contributed by atoms with Gasteiger partial charge in [-0.25, -0.2) is 0 Å². The first-order valence-electron chi connectivity index (χ1n) is 12.6. The van der Waals surface area contributed by atoms with Crippen molar-refractivity contribution >= 4 is 11.6 Å². The van der Waals surface area contributed by atoms with E-state index in [4.69, 9.17) is 11.6 Å². The highest BCUT2D eigenvalue weighted by molar-refractivity contribution is 6.30. The van der Waals surface area contributed by atoms with Gasteiger partial charge in [0.2, 0.25) is 0 Å². The zero-order valence-electron chi connectivity index (χ0n) is 20.2. The van der Waals surface area contributed by atoms with Crippen LogP contribution in [0.2, 0.25) is 5.02 Å². The summed E-state index contributed by atoms with van der Waals surface area (Å²) in [5.74, 6) is 0.419. The van der Waals surface area contributed by atoms with Gasteiger partial charge in [-0.15, -0.1) is 0 Å². The molecule has 1 fully saturated rings. The summed E-state index contributed by atoms with van der Waals surface area (Å²) < 4.78 is 0. The number of rotatable bonds is 10. The van der Waals surface area contributed by atoms with Crippen molar-refractivity contribution in [3.05, 3.63) is 107 Å². The molecule has 2 unspecified atom stereocenters. The van der Waals surface area contributed by atoms with Crippen molar-refractivity contribution in [2.45, 2.75) is 70.0 Å². The summed E-state index contributed by atoms with van der Waals surface area (Å²) in [6.07, 6.45) is 6.59. The standard InChI is InChI=1S/C31H35ClN2/c1-25(34(22-26-10-4-2-5-11-26)23-27-12-6-3-7-13-27)20-21-31(24-33,28-14-8-9-15-28)29-16-18-30(32)19-17-29/h2-7,10-13,16-19,25,28H,8-9,14-15,20-23H2,1H3. The molecule has 2 nitrogen and oxygen atoms in total. The predicted molar refractivity (Wildman–Crippen MR) is 142 cm³/mol. The van der Waals surface area contributed by atoms with E-state index in [0.29, 0.717) is 12.0 Å². The summed E-state index contributed by atoms with van der Waals surface area (Å²) >= 11 is 6.20. The number of nitriles is 1. The molecule has 0 amide bonds. The van der Waals surface area contributed by atoms with Crippen LogP contribution in [0.5, 0.6) is 0 Å². The van der Waals surface area contributed by atoms with Gasteiger partial charge in [0.25, 0.3) is 0 Å². The van der Waals surface area contributed by atoms with Crippen molar-refractivity contribution in [3.63, 3.8) is 0 Å². The van der Waals surface area contributed by atoms with Crippen LogP contribution in [0.15, 0.2) is 84.9 Å². The van der Waals surface area contributed by atoms with Crippen molar-refractivity contribution in [1.82, 2.24) is 4.90 Å². The van der Waals surface area contributed by atoms with Gasteiger partial charge in [-0.05, 0) is 67.3 Å². The van der Waals surface area contributed by atoms with Gasteiger partial charge < -0.3 is 0 Å². The van der Waals surface area contributed by atoms with Crippen LogP contribution in [0.3, 0.4) is 0 Å². The largest absolute Gasteiger partial charge is 0.292 e. The Balaban J connectivity index is 1.56. The molecule has 0 saturated heterocycles. The Kier molecular flexibility index (Phi) is 8.44. The lowest BCUT2D eigenvalue weighted by atomic mass is 9.67. The molecule has 0 heterocycles. The average molecular weight is 471 g/mol. The van der Waals surface area contributed by atoms with Crippen molar-refractivity contribution in [2.24, 2.45) is 5.92 Å². The van der Waals surface area contributed by atoms with Gasteiger partial charge >= 0.3 is 0 Å². The van der Waals surface area contributed by atoms with E-state index in [1.165, 1.54) is 24.0 Å². The van der Waals surface area contributed by atoms with Crippen molar-refractivity contribution in [3.8, 4) is 6.07 Å². The van der Waals surface area contributed by atoms with Crippen LogP contribution in [0, 0.1) is 17.2 Å². The lowest BCUT2D eigenvalue weighted by Gasteiger charge is -2.36. The Morgan fingerprint density at radius 3 is 1.91 bits per heavy atom. The van der Waals surface area contributed by atoms with Crippen LogP contribution >= 0.6 is 11.6 Å². The van der Waals surface area contributed by atoms with Crippen molar-refractivity contribution in [1.29, 1.82) is 5.26 Å². The van der Waals surface area contributed by atoms with E-state index in [9.17, 15) is 5.26 Å². The molecule has 0 radical (unpaired) electrons. The monoisotopic (exact) mass is 470 g/mol. The molecule has 176 valence electrons. The first kappa shape index (κ1) is 24.5. The molecule has 1 aliphatic rings. The Bertz CT molecular complexity index is 1010. The SMILES string of the molecule is CC(CCC(C#N)(c1ccc(Cl)cc1)C1CCCC1)N(Cc1ccccc1)Cc1ccccc1. The molecule has 1 saturated carbocycles. The topological polar surface area (TPSA) is 27.0 Å². The third-order valence-electron chi connectivity index (χ3n) is 7.65. The van der Waals surface area contributed by atoms with Gasteiger partial charge in [0.15, 0.2) is 0 Å². The molecular formula is C31H35ClN2. The van der Waals surface area contributed by atoms with Crippen LogP contribution in [-0.2, 0) is 18.5 Å². The van der Waals surface area contributed by atoms with Crippen LogP contribution in [-0.4, -0.2) is 10.9 Å². The number of hydrogen-bond acceptors (Lipinski definition) is 2. The fourth-order valence-corrected chi connectivity index (χ4v) is 5.71. The molecule has 3 heteroatoms. The minimum absolute atomic E-state index is 0.349. The Morgan fingerprint density at radius 2 is 1.41 bits per heavy atom. The molecule has 2 atom stereocenters. The number of halogens is 1. The Labute approximate surface area is 210 Å². The lowest BCUT2D eigenvalue weighted by Crippen LogP contribution is -2.37. The fraction of sp³-hybridized carbons (Fsp3) is 0.387. The quantitative estimate of drug-likeness (QED) is 0.298. The Hall–Kier alpha value is -2.60. The minimum Gasteiger partial charge on any atom is -0.292 e. The highest BCUT2D eigenvalue weighted by Gasteiger charge is 2.42. The zero-order valence-corrected chi connectivity index (χ0v) is 20.9. The van der Waals surface area contributed by atoms with Crippen LogP contribution in [0.1, 0.15) is 62.1 Å². The van der Waals surface area contributed by atoms with E-state index < -0.39 is 5.41 Å². The molecular weight excluding hydrogens is 436 g/mol.